The zero-order chi connectivity index (χ0) is 13.7. The van der Waals surface area contributed by atoms with Crippen LogP contribution in [0, 0.1) is 0 Å². The van der Waals surface area contributed by atoms with Crippen molar-refractivity contribution in [3.8, 4) is 10.6 Å². The van der Waals surface area contributed by atoms with Crippen molar-refractivity contribution in [2.45, 2.75) is 33.3 Å². The number of hydrogen-bond donors (Lipinski definition) is 1. The van der Waals surface area contributed by atoms with Gasteiger partial charge in [-0.1, -0.05) is 13.8 Å². The van der Waals surface area contributed by atoms with Crippen LogP contribution in [0.25, 0.3) is 10.6 Å². The Morgan fingerprint density at radius 3 is 2.84 bits per heavy atom. The molecular weight excluding hydrogens is 278 g/mol. The quantitative estimate of drug-likeness (QED) is 0.844. The van der Waals surface area contributed by atoms with Gasteiger partial charge >= 0.3 is 0 Å². The van der Waals surface area contributed by atoms with Crippen LogP contribution in [0.4, 0.5) is 5.13 Å². The summed E-state index contributed by atoms with van der Waals surface area (Å²) in [6, 6.07) is 0. The lowest BCUT2D eigenvalue weighted by molar-refractivity contribution is 0.182. The summed E-state index contributed by atoms with van der Waals surface area (Å²) >= 11 is 3.36. The van der Waals surface area contributed by atoms with Crippen LogP contribution in [0.3, 0.4) is 0 Å². The molecule has 2 heterocycles. The van der Waals surface area contributed by atoms with Gasteiger partial charge in [0.2, 0.25) is 0 Å². The lowest BCUT2D eigenvalue weighted by Gasteiger charge is -1.99. The Labute approximate surface area is 121 Å². The summed E-state index contributed by atoms with van der Waals surface area (Å²) in [4.78, 5) is 10.4. The van der Waals surface area contributed by atoms with E-state index in [-0.39, 0.29) is 0 Å². The highest BCUT2D eigenvalue weighted by Gasteiger charge is 2.15. The number of nitrogens with zero attached hydrogens (tertiary/aromatic N) is 2. The summed E-state index contributed by atoms with van der Waals surface area (Å²) < 4.78 is 5.22. The second-order valence-corrected chi connectivity index (χ2v) is 6.08. The molecule has 0 aliphatic carbocycles. The molecule has 0 fully saturated rings. The number of methoxy groups -OCH3 is 1. The van der Waals surface area contributed by atoms with Gasteiger partial charge in [-0.2, -0.15) is 0 Å². The van der Waals surface area contributed by atoms with Crippen molar-refractivity contribution in [2.75, 3.05) is 19.0 Å². The number of nitrogens with one attached hydrogen (secondary N) is 1. The number of rotatable bonds is 7. The maximum absolute atomic E-state index is 5.22. The molecule has 0 radical (unpaired) electrons. The van der Waals surface area contributed by atoms with Gasteiger partial charge in [-0.05, 0) is 12.8 Å². The standard InChI is InChI=1S/C13H19N3OS2/c1-4-6-14-13-16-10(8-18-13)12-9(7-17-3)15-11(5-2)19-12/h8H,4-7H2,1-3H3,(H,14,16). The first-order valence-corrected chi connectivity index (χ1v) is 8.15. The van der Waals surface area contributed by atoms with E-state index in [0.717, 1.165) is 45.8 Å². The fraction of sp³-hybridized carbons (Fsp3) is 0.538. The molecule has 0 bridgehead atoms. The fourth-order valence-corrected chi connectivity index (χ4v) is 3.45. The molecule has 19 heavy (non-hydrogen) atoms. The average Bonchev–Trinajstić information content (AvgIpc) is 3.03. The highest BCUT2D eigenvalue weighted by atomic mass is 32.1. The van der Waals surface area contributed by atoms with Crippen LogP contribution in [-0.2, 0) is 17.8 Å². The Bertz CT molecular complexity index is 522. The summed E-state index contributed by atoms with van der Waals surface area (Å²) in [6.45, 7) is 5.77. The smallest absolute Gasteiger partial charge is 0.183 e. The van der Waals surface area contributed by atoms with Crippen LogP contribution in [0.15, 0.2) is 5.38 Å². The highest BCUT2D eigenvalue weighted by Crippen LogP contribution is 2.33. The lowest BCUT2D eigenvalue weighted by Crippen LogP contribution is -1.98. The first-order chi connectivity index (χ1) is 9.28. The van der Waals surface area contributed by atoms with Gasteiger partial charge in [0.15, 0.2) is 5.13 Å². The SMILES string of the molecule is CCCNc1nc(-c2sc(CC)nc2COC)cs1. The monoisotopic (exact) mass is 297 g/mol. The van der Waals surface area contributed by atoms with E-state index in [1.54, 1.807) is 29.8 Å². The molecule has 0 amide bonds. The molecular formula is C13H19N3OS2. The third kappa shape index (κ3) is 3.52. The molecule has 0 saturated heterocycles. The third-order valence-electron chi connectivity index (χ3n) is 2.59. The van der Waals surface area contributed by atoms with Crippen LogP contribution in [0.1, 0.15) is 31.0 Å². The number of aryl methyl sites for hydroxylation is 1. The van der Waals surface area contributed by atoms with E-state index in [0.29, 0.717) is 6.61 Å². The predicted octanol–water partition coefficient (Wildman–Crippen LogP) is 3.80. The molecule has 0 spiro atoms. The molecule has 1 N–H and O–H groups in total. The van der Waals surface area contributed by atoms with E-state index in [1.165, 1.54) is 0 Å². The predicted molar refractivity (Wildman–Crippen MR) is 82.1 cm³/mol. The molecule has 2 rings (SSSR count). The van der Waals surface area contributed by atoms with Crippen molar-refractivity contribution in [1.29, 1.82) is 0 Å². The minimum absolute atomic E-state index is 0.543. The normalized spacial score (nSPS) is 10.9. The second-order valence-electron chi connectivity index (χ2n) is 4.13. The minimum Gasteiger partial charge on any atom is -0.378 e. The molecule has 2 aromatic heterocycles. The largest absolute Gasteiger partial charge is 0.378 e. The molecule has 0 atom stereocenters. The van der Waals surface area contributed by atoms with E-state index in [9.17, 15) is 0 Å². The lowest BCUT2D eigenvalue weighted by atomic mass is 10.3. The summed E-state index contributed by atoms with van der Waals surface area (Å²) in [5.41, 5.74) is 2.00. The van der Waals surface area contributed by atoms with E-state index in [4.69, 9.17) is 4.74 Å². The fourth-order valence-electron chi connectivity index (χ4n) is 1.68. The first-order valence-electron chi connectivity index (χ1n) is 6.45. The van der Waals surface area contributed by atoms with Crippen LogP contribution < -0.4 is 5.32 Å². The van der Waals surface area contributed by atoms with Gasteiger partial charge in [-0.15, -0.1) is 22.7 Å². The Balaban J connectivity index is 2.24. The van der Waals surface area contributed by atoms with Crippen LogP contribution >= 0.6 is 22.7 Å². The molecule has 0 aromatic carbocycles. The molecule has 2 aromatic rings. The third-order valence-corrected chi connectivity index (χ3v) is 4.65. The topological polar surface area (TPSA) is 47.0 Å². The number of aromatic nitrogens is 2. The molecule has 104 valence electrons. The van der Waals surface area contributed by atoms with Gasteiger partial charge in [0, 0.05) is 19.0 Å². The number of anilines is 1. The summed E-state index contributed by atoms with van der Waals surface area (Å²) in [5, 5.41) is 7.52. The molecule has 4 nitrogen and oxygen atoms in total. The van der Waals surface area contributed by atoms with Gasteiger partial charge in [-0.3, -0.25) is 0 Å². The van der Waals surface area contributed by atoms with Gasteiger partial charge in [-0.25, -0.2) is 9.97 Å². The maximum Gasteiger partial charge on any atom is 0.183 e. The number of ether oxygens (including phenoxy) is 1. The van der Waals surface area contributed by atoms with Crippen molar-refractivity contribution in [3.63, 3.8) is 0 Å². The Morgan fingerprint density at radius 1 is 1.32 bits per heavy atom. The first kappa shape index (κ1) is 14.4. The molecule has 6 heteroatoms. The van der Waals surface area contributed by atoms with E-state index in [2.05, 4.69) is 34.5 Å². The van der Waals surface area contributed by atoms with E-state index in [1.807, 2.05) is 0 Å². The Hall–Kier alpha value is -0.980. The minimum atomic E-state index is 0.543. The van der Waals surface area contributed by atoms with Gasteiger partial charge in [0.25, 0.3) is 0 Å². The number of thiazole rings is 2. The van der Waals surface area contributed by atoms with Crippen molar-refractivity contribution in [3.05, 3.63) is 16.1 Å². The summed E-state index contributed by atoms with van der Waals surface area (Å²) in [6.07, 6.45) is 2.05. The van der Waals surface area contributed by atoms with Crippen molar-refractivity contribution in [1.82, 2.24) is 9.97 Å². The van der Waals surface area contributed by atoms with Gasteiger partial charge in [0.1, 0.15) is 0 Å². The summed E-state index contributed by atoms with van der Waals surface area (Å²) in [7, 11) is 1.70. The molecule has 0 saturated carbocycles. The second kappa shape index (κ2) is 6.98. The number of hydrogen-bond acceptors (Lipinski definition) is 6. The average molecular weight is 297 g/mol. The summed E-state index contributed by atoms with van der Waals surface area (Å²) in [5.74, 6) is 0. The van der Waals surface area contributed by atoms with Gasteiger partial charge < -0.3 is 10.1 Å². The molecule has 0 aliphatic heterocycles. The van der Waals surface area contributed by atoms with Crippen LogP contribution in [0.2, 0.25) is 0 Å². The highest BCUT2D eigenvalue weighted by molar-refractivity contribution is 7.16. The van der Waals surface area contributed by atoms with Gasteiger partial charge in [0.05, 0.1) is 27.9 Å². The van der Waals surface area contributed by atoms with E-state index < -0.39 is 0 Å². The molecule has 0 aliphatic rings. The zero-order valence-corrected chi connectivity index (χ0v) is 13.2. The Kier molecular flexibility index (Phi) is 5.30. The van der Waals surface area contributed by atoms with Crippen molar-refractivity contribution in [2.24, 2.45) is 0 Å². The van der Waals surface area contributed by atoms with E-state index >= 15 is 0 Å². The molecule has 0 unspecified atom stereocenters. The van der Waals surface area contributed by atoms with Crippen molar-refractivity contribution >= 4 is 27.8 Å². The Morgan fingerprint density at radius 2 is 2.16 bits per heavy atom. The zero-order valence-electron chi connectivity index (χ0n) is 11.5. The van der Waals surface area contributed by atoms with Crippen molar-refractivity contribution < 1.29 is 4.74 Å². The van der Waals surface area contributed by atoms with Crippen LogP contribution in [-0.4, -0.2) is 23.6 Å². The maximum atomic E-state index is 5.22. The van der Waals surface area contributed by atoms with Crippen LogP contribution in [0.5, 0.6) is 0 Å².